The number of nitrogens with one attached hydrogen (secondary N) is 1. The van der Waals surface area contributed by atoms with E-state index in [4.69, 9.17) is 5.73 Å². The molecule has 0 unspecified atom stereocenters. The van der Waals surface area contributed by atoms with Gasteiger partial charge in [0.2, 0.25) is 5.91 Å². The second kappa shape index (κ2) is 4.77. The molecular weight excluding hydrogens is 176 g/mol. The molecule has 1 amide bonds. The van der Waals surface area contributed by atoms with E-state index in [1.165, 1.54) is 0 Å². The molecule has 0 radical (unpaired) electrons. The molecule has 0 aromatic heterocycles. The summed E-state index contributed by atoms with van der Waals surface area (Å²) in [4.78, 5) is 11.1. The molecule has 0 aliphatic rings. The molecule has 14 heavy (non-hydrogen) atoms. The zero-order valence-electron chi connectivity index (χ0n) is 8.63. The van der Waals surface area contributed by atoms with E-state index >= 15 is 0 Å². The lowest BCUT2D eigenvalue weighted by atomic mass is 10.1. The number of amides is 1. The Labute approximate surface area is 84.3 Å². The Kier molecular flexibility index (Phi) is 3.65. The molecule has 0 bridgehead atoms. The molecule has 1 aromatic rings. The van der Waals surface area contributed by atoms with Crippen LogP contribution < -0.4 is 11.1 Å². The molecule has 3 nitrogen and oxygen atoms in total. The third kappa shape index (κ3) is 2.57. The number of anilines is 1. The van der Waals surface area contributed by atoms with Gasteiger partial charge in [0.15, 0.2) is 0 Å². The molecular formula is C11H16N2O. The Morgan fingerprint density at radius 3 is 2.79 bits per heavy atom. The van der Waals surface area contributed by atoms with Crippen LogP contribution in [0.3, 0.4) is 0 Å². The van der Waals surface area contributed by atoms with Crippen LogP contribution >= 0.6 is 0 Å². The second-order valence-electron chi connectivity index (χ2n) is 3.25. The summed E-state index contributed by atoms with van der Waals surface area (Å²) in [5.41, 5.74) is 8.62. The molecule has 3 heteroatoms. The zero-order valence-corrected chi connectivity index (χ0v) is 8.63. The molecule has 1 aromatic carbocycles. The molecule has 3 N–H and O–H groups in total. The molecule has 0 spiro atoms. The summed E-state index contributed by atoms with van der Waals surface area (Å²) in [6.45, 7) is 4.34. The van der Waals surface area contributed by atoms with Gasteiger partial charge < -0.3 is 11.1 Å². The van der Waals surface area contributed by atoms with Gasteiger partial charge in [0, 0.05) is 18.7 Å². The van der Waals surface area contributed by atoms with Gasteiger partial charge in [0.05, 0.1) is 0 Å². The third-order valence-electron chi connectivity index (χ3n) is 2.17. The molecule has 1 rings (SSSR count). The van der Waals surface area contributed by atoms with Crippen LogP contribution in [0.2, 0.25) is 0 Å². The summed E-state index contributed by atoms with van der Waals surface area (Å²) in [5, 5.41) is 2.80. The van der Waals surface area contributed by atoms with Crippen LogP contribution in [0, 0.1) is 6.92 Å². The molecule has 0 aliphatic heterocycles. The fraction of sp³-hybridized carbons (Fsp3) is 0.364. The van der Waals surface area contributed by atoms with Gasteiger partial charge in [-0.3, -0.25) is 4.79 Å². The van der Waals surface area contributed by atoms with Crippen molar-refractivity contribution >= 4 is 11.6 Å². The quantitative estimate of drug-likeness (QED) is 0.767. The minimum Gasteiger partial charge on any atom is -0.326 e. The van der Waals surface area contributed by atoms with Crippen LogP contribution in [0.25, 0.3) is 0 Å². The van der Waals surface area contributed by atoms with E-state index in [1.54, 1.807) is 0 Å². The van der Waals surface area contributed by atoms with Gasteiger partial charge in [-0.25, -0.2) is 0 Å². The Balaban J connectivity index is 2.84. The van der Waals surface area contributed by atoms with Crippen LogP contribution in [-0.4, -0.2) is 5.91 Å². The number of carbonyl (C=O) groups excluding carboxylic acids is 1. The fourth-order valence-electron chi connectivity index (χ4n) is 1.22. The predicted octanol–water partition coefficient (Wildman–Crippen LogP) is 1.80. The molecule has 0 saturated heterocycles. The SMILES string of the molecule is CCC(=O)Nc1ccc(C)c(CN)c1. The monoisotopic (exact) mass is 192 g/mol. The van der Waals surface area contributed by atoms with Crippen molar-refractivity contribution in [2.45, 2.75) is 26.8 Å². The first-order valence-electron chi connectivity index (χ1n) is 4.76. The highest BCUT2D eigenvalue weighted by Gasteiger charge is 2.01. The third-order valence-corrected chi connectivity index (χ3v) is 2.17. The second-order valence-corrected chi connectivity index (χ2v) is 3.25. The summed E-state index contributed by atoms with van der Waals surface area (Å²) < 4.78 is 0. The fourth-order valence-corrected chi connectivity index (χ4v) is 1.22. The average Bonchev–Trinajstić information content (AvgIpc) is 2.20. The van der Waals surface area contributed by atoms with Crippen LogP contribution in [0.1, 0.15) is 24.5 Å². The standard InChI is InChI=1S/C11H16N2O/c1-3-11(14)13-10-5-4-8(2)9(6-10)7-12/h4-6H,3,7,12H2,1-2H3,(H,13,14). The maximum atomic E-state index is 11.1. The van der Waals surface area contributed by atoms with Gasteiger partial charge in [0.25, 0.3) is 0 Å². The van der Waals surface area contributed by atoms with Crippen molar-refractivity contribution < 1.29 is 4.79 Å². The molecule has 0 aliphatic carbocycles. The minimum absolute atomic E-state index is 0.0248. The summed E-state index contributed by atoms with van der Waals surface area (Å²) in [7, 11) is 0. The largest absolute Gasteiger partial charge is 0.326 e. The highest BCUT2D eigenvalue weighted by molar-refractivity contribution is 5.90. The Hall–Kier alpha value is -1.35. The summed E-state index contributed by atoms with van der Waals surface area (Å²) in [6.07, 6.45) is 0.492. The topological polar surface area (TPSA) is 55.1 Å². The normalized spacial score (nSPS) is 9.93. The van der Waals surface area contributed by atoms with E-state index in [2.05, 4.69) is 5.32 Å². The van der Waals surface area contributed by atoms with Gasteiger partial charge in [-0.15, -0.1) is 0 Å². The first-order chi connectivity index (χ1) is 6.67. The maximum absolute atomic E-state index is 11.1. The number of nitrogens with two attached hydrogens (primary N) is 1. The van der Waals surface area contributed by atoms with Gasteiger partial charge in [-0.2, -0.15) is 0 Å². The van der Waals surface area contributed by atoms with Gasteiger partial charge in [-0.05, 0) is 30.2 Å². The van der Waals surface area contributed by atoms with E-state index in [-0.39, 0.29) is 5.91 Å². The number of hydrogen-bond donors (Lipinski definition) is 2. The lowest BCUT2D eigenvalue weighted by Gasteiger charge is -2.07. The highest BCUT2D eigenvalue weighted by Crippen LogP contribution is 2.14. The maximum Gasteiger partial charge on any atom is 0.224 e. The van der Waals surface area contributed by atoms with Crippen molar-refractivity contribution in [2.24, 2.45) is 5.73 Å². The number of benzene rings is 1. The Morgan fingerprint density at radius 2 is 2.21 bits per heavy atom. The van der Waals surface area contributed by atoms with Crippen molar-refractivity contribution in [2.75, 3.05) is 5.32 Å². The van der Waals surface area contributed by atoms with E-state index in [9.17, 15) is 4.79 Å². The molecule has 0 heterocycles. The Morgan fingerprint density at radius 1 is 1.50 bits per heavy atom. The van der Waals surface area contributed by atoms with Crippen molar-refractivity contribution in [3.8, 4) is 0 Å². The van der Waals surface area contributed by atoms with E-state index in [0.29, 0.717) is 13.0 Å². The summed E-state index contributed by atoms with van der Waals surface area (Å²) in [5.74, 6) is 0.0248. The van der Waals surface area contributed by atoms with E-state index in [1.807, 2.05) is 32.0 Å². The number of hydrogen-bond acceptors (Lipinski definition) is 2. The first-order valence-corrected chi connectivity index (χ1v) is 4.76. The number of rotatable bonds is 3. The van der Waals surface area contributed by atoms with Crippen molar-refractivity contribution in [1.82, 2.24) is 0 Å². The van der Waals surface area contributed by atoms with Crippen molar-refractivity contribution in [1.29, 1.82) is 0 Å². The van der Waals surface area contributed by atoms with Crippen LogP contribution in [0.15, 0.2) is 18.2 Å². The van der Waals surface area contributed by atoms with Crippen molar-refractivity contribution in [3.05, 3.63) is 29.3 Å². The van der Waals surface area contributed by atoms with Gasteiger partial charge >= 0.3 is 0 Å². The number of carbonyl (C=O) groups is 1. The van der Waals surface area contributed by atoms with Crippen LogP contribution in [0.4, 0.5) is 5.69 Å². The summed E-state index contributed by atoms with van der Waals surface area (Å²) in [6, 6.07) is 5.78. The molecule has 0 fully saturated rings. The van der Waals surface area contributed by atoms with E-state index in [0.717, 1.165) is 16.8 Å². The van der Waals surface area contributed by atoms with Gasteiger partial charge in [-0.1, -0.05) is 13.0 Å². The van der Waals surface area contributed by atoms with E-state index < -0.39 is 0 Å². The minimum atomic E-state index is 0.0248. The van der Waals surface area contributed by atoms with Crippen LogP contribution in [-0.2, 0) is 11.3 Å². The number of aryl methyl sites for hydroxylation is 1. The average molecular weight is 192 g/mol. The van der Waals surface area contributed by atoms with Crippen LogP contribution in [0.5, 0.6) is 0 Å². The lowest BCUT2D eigenvalue weighted by molar-refractivity contribution is -0.115. The van der Waals surface area contributed by atoms with Gasteiger partial charge in [0.1, 0.15) is 0 Å². The zero-order chi connectivity index (χ0) is 10.6. The molecule has 0 saturated carbocycles. The predicted molar refractivity (Wildman–Crippen MR) is 58.0 cm³/mol. The first kappa shape index (κ1) is 10.7. The lowest BCUT2D eigenvalue weighted by Crippen LogP contribution is -2.10. The smallest absolute Gasteiger partial charge is 0.224 e. The molecule has 76 valence electrons. The van der Waals surface area contributed by atoms with Crippen molar-refractivity contribution in [3.63, 3.8) is 0 Å². The highest BCUT2D eigenvalue weighted by atomic mass is 16.1. The molecule has 0 atom stereocenters. The summed E-state index contributed by atoms with van der Waals surface area (Å²) >= 11 is 0. The Bertz CT molecular complexity index is 334.